The normalized spacial score (nSPS) is 15.0. The molecule has 0 aliphatic carbocycles. The summed E-state index contributed by atoms with van der Waals surface area (Å²) < 4.78 is 0. The predicted octanol–water partition coefficient (Wildman–Crippen LogP) is 2.21. The van der Waals surface area contributed by atoms with Crippen LogP contribution in [0.15, 0.2) is 72.8 Å². The standard InChI is InChI=1S/C25H27N3O3/c29-18-23(25(31)28-15-13-27(14-16-28)21-10-2-1-3-11-21)26-24(30)17-20-9-6-8-19-7-4-5-12-22(19)20/h1-12,23,29H,13-18H2,(H,26,30)/t23-/m0/s1. The molecular formula is C25H27N3O3. The Balaban J connectivity index is 1.35. The second-order valence-electron chi connectivity index (χ2n) is 7.77. The molecule has 1 fully saturated rings. The van der Waals surface area contributed by atoms with Crippen LogP contribution in [-0.4, -0.2) is 60.6 Å². The zero-order valence-electron chi connectivity index (χ0n) is 17.4. The largest absolute Gasteiger partial charge is 0.394 e. The molecule has 2 N–H and O–H groups in total. The maximum absolute atomic E-state index is 12.9. The number of rotatable bonds is 6. The van der Waals surface area contributed by atoms with Crippen LogP contribution in [0.3, 0.4) is 0 Å². The molecule has 3 aromatic rings. The van der Waals surface area contributed by atoms with Crippen LogP contribution >= 0.6 is 0 Å². The van der Waals surface area contributed by atoms with E-state index in [0.717, 1.165) is 35.1 Å². The van der Waals surface area contributed by atoms with Crippen molar-refractivity contribution in [3.63, 3.8) is 0 Å². The van der Waals surface area contributed by atoms with Crippen molar-refractivity contribution in [2.24, 2.45) is 0 Å². The van der Waals surface area contributed by atoms with Crippen LogP contribution in [0.5, 0.6) is 0 Å². The fourth-order valence-corrected chi connectivity index (χ4v) is 4.09. The lowest BCUT2D eigenvalue weighted by atomic mass is 10.0. The number of nitrogens with zero attached hydrogens (tertiary/aromatic N) is 2. The van der Waals surface area contributed by atoms with Crippen LogP contribution in [0.1, 0.15) is 5.56 Å². The SMILES string of the molecule is O=C(Cc1cccc2ccccc12)N[C@@H](CO)C(=O)N1CCN(c2ccccc2)CC1. The molecule has 1 saturated heterocycles. The molecule has 0 aromatic heterocycles. The Morgan fingerprint density at radius 3 is 2.29 bits per heavy atom. The topological polar surface area (TPSA) is 72.9 Å². The van der Waals surface area contributed by atoms with E-state index in [4.69, 9.17) is 0 Å². The summed E-state index contributed by atoms with van der Waals surface area (Å²) in [5, 5.41) is 14.6. The lowest BCUT2D eigenvalue weighted by Crippen LogP contribution is -2.56. The number of piperazine rings is 1. The number of nitrogens with one attached hydrogen (secondary N) is 1. The summed E-state index contributed by atoms with van der Waals surface area (Å²) in [5.74, 6) is -0.506. The van der Waals surface area contributed by atoms with Crippen LogP contribution in [0.2, 0.25) is 0 Å². The molecule has 0 radical (unpaired) electrons. The van der Waals surface area contributed by atoms with Crippen molar-refractivity contribution in [2.45, 2.75) is 12.5 Å². The summed E-state index contributed by atoms with van der Waals surface area (Å²) in [5.41, 5.74) is 2.04. The van der Waals surface area contributed by atoms with Crippen molar-refractivity contribution in [1.82, 2.24) is 10.2 Å². The van der Waals surface area contributed by atoms with Gasteiger partial charge >= 0.3 is 0 Å². The molecule has 1 aliphatic heterocycles. The van der Waals surface area contributed by atoms with E-state index in [0.29, 0.717) is 13.1 Å². The number of aliphatic hydroxyl groups excluding tert-OH is 1. The maximum Gasteiger partial charge on any atom is 0.247 e. The van der Waals surface area contributed by atoms with Gasteiger partial charge in [0.1, 0.15) is 6.04 Å². The smallest absolute Gasteiger partial charge is 0.247 e. The number of carbonyl (C=O) groups is 2. The Morgan fingerprint density at radius 2 is 1.55 bits per heavy atom. The van der Waals surface area contributed by atoms with E-state index in [-0.39, 0.29) is 18.2 Å². The summed E-state index contributed by atoms with van der Waals surface area (Å²) in [6.45, 7) is 2.14. The average Bonchev–Trinajstić information content (AvgIpc) is 2.83. The molecule has 0 saturated carbocycles. The first-order chi connectivity index (χ1) is 15.2. The minimum Gasteiger partial charge on any atom is -0.394 e. The highest BCUT2D eigenvalue weighted by molar-refractivity contribution is 5.92. The first-order valence-corrected chi connectivity index (χ1v) is 10.6. The van der Waals surface area contributed by atoms with Crippen LogP contribution in [0, 0.1) is 0 Å². The van der Waals surface area contributed by atoms with Gasteiger partial charge in [-0.15, -0.1) is 0 Å². The van der Waals surface area contributed by atoms with Gasteiger partial charge in [0.25, 0.3) is 0 Å². The number of carbonyl (C=O) groups excluding carboxylic acids is 2. The Kier molecular flexibility index (Phi) is 6.48. The minimum absolute atomic E-state index is 0.160. The lowest BCUT2D eigenvalue weighted by Gasteiger charge is -2.37. The molecule has 4 rings (SSSR count). The van der Waals surface area contributed by atoms with E-state index >= 15 is 0 Å². The van der Waals surface area contributed by atoms with E-state index in [1.54, 1.807) is 4.90 Å². The van der Waals surface area contributed by atoms with E-state index in [9.17, 15) is 14.7 Å². The van der Waals surface area contributed by atoms with Crippen molar-refractivity contribution in [3.8, 4) is 0 Å². The summed E-state index contributed by atoms with van der Waals surface area (Å²) in [7, 11) is 0. The van der Waals surface area contributed by atoms with Gasteiger partial charge in [0.15, 0.2) is 0 Å². The molecule has 1 aliphatic rings. The molecule has 31 heavy (non-hydrogen) atoms. The monoisotopic (exact) mass is 417 g/mol. The molecule has 2 amide bonds. The molecule has 0 bridgehead atoms. The highest BCUT2D eigenvalue weighted by Gasteiger charge is 2.28. The summed E-state index contributed by atoms with van der Waals surface area (Å²) in [4.78, 5) is 29.5. The van der Waals surface area contributed by atoms with Gasteiger partial charge in [0.05, 0.1) is 13.0 Å². The summed E-state index contributed by atoms with van der Waals surface area (Å²) in [6.07, 6.45) is 0.160. The Hall–Kier alpha value is -3.38. The predicted molar refractivity (Wildman–Crippen MR) is 122 cm³/mol. The zero-order valence-corrected chi connectivity index (χ0v) is 17.4. The fraction of sp³-hybridized carbons (Fsp3) is 0.280. The molecule has 6 heteroatoms. The van der Waals surface area contributed by atoms with Gasteiger partial charge in [-0.05, 0) is 28.5 Å². The van der Waals surface area contributed by atoms with Gasteiger partial charge in [0, 0.05) is 31.9 Å². The number of para-hydroxylation sites is 1. The van der Waals surface area contributed by atoms with Crippen molar-refractivity contribution < 1.29 is 14.7 Å². The second-order valence-corrected chi connectivity index (χ2v) is 7.77. The number of aliphatic hydroxyl groups is 1. The van der Waals surface area contributed by atoms with Crippen LogP contribution in [0.25, 0.3) is 10.8 Å². The van der Waals surface area contributed by atoms with E-state index in [1.165, 1.54) is 0 Å². The second kappa shape index (κ2) is 9.62. The van der Waals surface area contributed by atoms with Crippen molar-refractivity contribution in [2.75, 3.05) is 37.7 Å². The Labute approximate surface area is 182 Å². The molecular weight excluding hydrogens is 390 g/mol. The van der Waals surface area contributed by atoms with Gasteiger partial charge in [-0.25, -0.2) is 0 Å². The van der Waals surface area contributed by atoms with Crippen LogP contribution in [-0.2, 0) is 16.0 Å². The van der Waals surface area contributed by atoms with Gasteiger partial charge in [-0.3, -0.25) is 9.59 Å². The van der Waals surface area contributed by atoms with E-state index in [1.807, 2.05) is 60.7 Å². The van der Waals surface area contributed by atoms with E-state index in [2.05, 4.69) is 22.3 Å². The van der Waals surface area contributed by atoms with Gasteiger partial charge in [-0.1, -0.05) is 60.7 Å². The van der Waals surface area contributed by atoms with Gasteiger partial charge in [-0.2, -0.15) is 0 Å². The third-order valence-electron chi connectivity index (χ3n) is 5.76. The van der Waals surface area contributed by atoms with Crippen molar-refractivity contribution >= 4 is 28.3 Å². The summed E-state index contributed by atoms with van der Waals surface area (Å²) in [6, 6.07) is 22.9. The summed E-state index contributed by atoms with van der Waals surface area (Å²) >= 11 is 0. The molecule has 0 unspecified atom stereocenters. The quantitative estimate of drug-likeness (QED) is 0.645. The Bertz CT molecular complexity index is 1040. The zero-order chi connectivity index (χ0) is 21.6. The number of anilines is 1. The number of fused-ring (bicyclic) bond motifs is 1. The van der Waals surface area contributed by atoms with Crippen molar-refractivity contribution in [1.29, 1.82) is 0 Å². The highest BCUT2D eigenvalue weighted by atomic mass is 16.3. The molecule has 3 aromatic carbocycles. The lowest BCUT2D eigenvalue weighted by molar-refractivity contribution is -0.137. The third-order valence-corrected chi connectivity index (χ3v) is 5.76. The first kappa shape index (κ1) is 20.9. The minimum atomic E-state index is -0.925. The Morgan fingerprint density at radius 1 is 0.871 bits per heavy atom. The molecule has 160 valence electrons. The number of benzene rings is 3. The number of hydrogen-bond acceptors (Lipinski definition) is 4. The fourth-order valence-electron chi connectivity index (χ4n) is 4.09. The molecule has 1 atom stereocenters. The first-order valence-electron chi connectivity index (χ1n) is 10.6. The molecule has 6 nitrogen and oxygen atoms in total. The maximum atomic E-state index is 12.9. The van der Waals surface area contributed by atoms with Crippen LogP contribution < -0.4 is 10.2 Å². The number of amides is 2. The third kappa shape index (κ3) is 4.86. The molecule has 0 spiro atoms. The van der Waals surface area contributed by atoms with Crippen LogP contribution in [0.4, 0.5) is 5.69 Å². The van der Waals surface area contributed by atoms with Gasteiger partial charge in [0.2, 0.25) is 11.8 Å². The van der Waals surface area contributed by atoms with Crippen molar-refractivity contribution in [3.05, 3.63) is 78.4 Å². The number of hydrogen-bond donors (Lipinski definition) is 2. The van der Waals surface area contributed by atoms with E-state index < -0.39 is 12.6 Å². The highest BCUT2D eigenvalue weighted by Crippen LogP contribution is 2.19. The molecule has 1 heterocycles. The average molecular weight is 418 g/mol. The van der Waals surface area contributed by atoms with Gasteiger partial charge < -0.3 is 20.2 Å².